The van der Waals surface area contributed by atoms with Gasteiger partial charge in [0.25, 0.3) is 0 Å². The van der Waals surface area contributed by atoms with E-state index in [1.165, 1.54) is 37.0 Å². The van der Waals surface area contributed by atoms with Crippen LogP contribution in [0.15, 0.2) is 52.3 Å². The fourth-order valence-electron chi connectivity index (χ4n) is 1.93. The summed E-state index contributed by atoms with van der Waals surface area (Å²) in [5.41, 5.74) is 2.28. The fourth-order valence-corrected chi connectivity index (χ4v) is 3.80. The molecule has 0 radical (unpaired) electrons. The molecule has 0 aliphatic rings. The number of rotatable bonds is 6. The van der Waals surface area contributed by atoms with Crippen LogP contribution in [0.4, 0.5) is 0 Å². The van der Waals surface area contributed by atoms with Crippen LogP contribution < -0.4 is 4.72 Å². The Bertz CT molecular complexity index is 814. The summed E-state index contributed by atoms with van der Waals surface area (Å²) in [6, 6.07) is 11.9. The van der Waals surface area contributed by atoms with Crippen LogP contribution in [0.2, 0.25) is 0 Å². The van der Waals surface area contributed by atoms with Crippen LogP contribution in [0.3, 0.4) is 0 Å². The highest BCUT2D eigenvalue weighted by Crippen LogP contribution is 2.29. The first-order valence-corrected chi connectivity index (χ1v) is 9.29. The van der Waals surface area contributed by atoms with Crippen molar-refractivity contribution in [3.05, 3.63) is 59.2 Å². The SMILES string of the molecule is CNS(=O)(=O)c1ccc(C(=O)O)c(SCc2ccc(C)cc2)c1. The van der Waals surface area contributed by atoms with Crippen LogP contribution in [0, 0.1) is 6.92 Å². The van der Waals surface area contributed by atoms with Gasteiger partial charge in [0.05, 0.1) is 10.5 Å². The third-order valence-corrected chi connectivity index (χ3v) is 5.82. The first-order chi connectivity index (χ1) is 10.8. The van der Waals surface area contributed by atoms with Crippen LogP contribution in [-0.2, 0) is 15.8 Å². The minimum atomic E-state index is -3.61. The van der Waals surface area contributed by atoms with Gasteiger partial charge in [0.15, 0.2) is 0 Å². The van der Waals surface area contributed by atoms with Crippen molar-refractivity contribution in [2.75, 3.05) is 7.05 Å². The number of carboxylic acids is 1. The van der Waals surface area contributed by atoms with Crippen molar-refractivity contribution in [3.8, 4) is 0 Å². The van der Waals surface area contributed by atoms with Crippen molar-refractivity contribution in [1.82, 2.24) is 4.72 Å². The topological polar surface area (TPSA) is 83.5 Å². The van der Waals surface area contributed by atoms with E-state index in [0.717, 1.165) is 11.1 Å². The monoisotopic (exact) mass is 351 g/mol. The van der Waals surface area contributed by atoms with Gasteiger partial charge >= 0.3 is 5.97 Å². The number of hydrogen-bond donors (Lipinski definition) is 2. The molecule has 2 aromatic rings. The number of sulfonamides is 1. The lowest BCUT2D eigenvalue weighted by Gasteiger charge is -2.09. The Hall–Kier alpha value is -1.83. The number of benzene rings is 2. The number of thioether (sulfide) groups is 1. The number of carboxylic acid groups (broad SMARTS) is 1. The smallest absolute Gasteiger partial charge is 0.336 e. The highest BCUT2D eigenvalue weighted by molar-refractivity contribution is 7.98. The zero-order chi connectivity index (χ0) is 17.0. The maximum absolute atomic E-state index is 11.9. The molecule has 5 nitrogen and oxygen atoms in total. The van der Waals surface area contributed by atoms with Gasteiger partial charge in [0.1, 0.15) is 0 Å². The molecule has 2 N–H and O–H groups in total. The van der Waals surface area contributed by atoms with E-state index < -0.39 is 16.0 Å². The summed E-state index contributed by atoms with van der Waals surface area (Å²) >= 11 is 1.30. The molecular formula is C16H17NO4S2. The van der Waals surface area contributed by atoms with Gasteiger partial charge in [-0.25, -0.2) is 17.9 Å². The summed E-state index contributed by atoms with van der Waals surface area (Å²) in [5.74, 6) is -0.520. The van der Waals surface area contributed by atoms with Crippen LogP contribution in [0.1, 0.15) is 21.5 Å². The molecule has 122 valence electrons. The van der Waals surface area contributed by atoms with Gasteiger partial charge < -0.3 is 5.11 Å². The van der Waals surface area contributed by atoms with Crippen molar-refractivity contribution in [2.45, 2.75) is 22.5 Å². The lowest BCUT2D eigenvalue weighted by atomic mass is 10.2. The first-order valence-electron chi connectivity index (χ1n) is 6.83. The van der Waals surface area contributed by atoms with Crippen molar-refractivity contribution >= 4 is 27.8 Å². The van der Waals surface area contributed by atoms with E-state index in [1.807, 2.05) is 31.2 Å². The molecule has 0 saturated heterocycles. The van der Waals surface area contributed by atoms with Crippen LogP contribution in [0.25, 0.3) is 0 Å². The van der Waals surface area contributed by atoms with Crippen molar-refractivity contribution in [1.29, 1.82) is 0 Å². The van der Waals surface area contributed by atoms with Crippen molar-refractivity contribution < 1.29 is 18.3 Å². The van der Waals surface area contributed by atoms with Crippen LogP contribution in [-0.4, -0.2) is 26.5 Å². The first kappa shape index (κ1) is 17.5. The van der Waals surface area contributed by atoms with E-state index in [0.29, 0.717) is 10.6 Å². The molecule has 0 amide bonds. The number of aryl methyl sites for hydroxylation is 1. The summed E-state index contributed by atoms with van der Waals surface area (Å²) < 4.78 is 26.0. The second kappa shape index (κ2) is 7.16. The Morgan fingerprint density at radius 3 is 2.39 bits per heavy atom. The van der Waals surface area contributed by atoms with Gasteiger partial charge in [-0.3, -0.25) is 0 Å². The van der Waals surface area contributed by atoms with E-state index in [2.05, 4.69) is 4.72 Å². The predicted octanol–water partition coefficient (Wildman–Crippen LogP) is 2.89. The summed E-state index contributed by atoms with van der Waals surface area (Å²) in [5, 5.41) is 9.27. The minimum absolute atomic E-state index is 0.0522. The fraction of sp³-hybridized carbons (Fsp3) is 0.188. The molecule has 0 fully saturated rings. The van der Waals surface area contributed by atoms with Gasteiger partial charge in [0, 0.05) is 10.6 Å². The predicted molar refractivity (Wildman–Crippen MR) is 90.4 cm³/mol. The van der Waals surface area contributed by atoms with Crippen LogP contribution >= 0.6 is 11.8 Å². The maximum Gasteiger partial charge on any atom is 0.336 e. The van der Waals surface area contributed by atoms with Crippen molar-refractivity contribution in [3.63, 3.8) is 0 Å². The Labute approximate surface area is 139 Å². The maximum atomic E-state index is 11.9. The molecule has 2 aromatic carbocycles. The number of aromatic carboxylic acids is 1. The largest absolute Gasteiger partial charge is 0.478 e. The normalized spacial score (nSPS) is 11.4. The summed E-state index contributed by atoms with van der Waals surface area (Å²) in [7, 11) is -2.29. The van der Waals surface area contributed by atoms with E-state index in [9.17, 15) is 18.3 Å². The summed E-state index contributed by atoms with van der Waals surface area (Å²) in [6.07, 6.45) is 0. The molecule has 0 unspecified atom stereocenters. The average Bonchev–Trinajstić information content (AvgIpc) is 2.54. The third kappa shape index (κ3) is 4.34. The number of nitrogens with one attached hydrogen (secondary N) is 1. The second-order valence-corrected chi connectivity index (χ2v) is 7.85. The molecule has 2 rings (SSSR count). The summed E-state index contributed by atoms with van der Waals surface area (Å²) in [4.78, 5) is 11.8. The lowest BCUT2D eigenvalue weighted by Crippen LogP contribution is -2.18. The highest BCUT2D eigenvalue weighted by Gasteiger charge is 2.17. The van der Waals surface area contributed by atoms with Gasteiger partial charge in [0.2, 0.25) is 10.0 Å². The van der Waals surface area contributed by atoms with Crippen molar-refractivity contribution in [2.24, 2.45) is 0 Å². The number of carbonyl (C=O) groups is 1. The minimum Gasteiger partial charge on any atom is -0.478 e. The molecule has 0 aromatic heterocycles. The highest BCUT2D eigenvalue weighted by atomic mass is 32.2. The Balaban J connectivity index is 2.32. The third-order valence-electron chi connectivity index (χ3n) is 3.28. The molecule has 23 heavy (non-hydrogen) atoms. The Morgan fingerprint density at radius 2 is 1.83 bits per heavy atom. The molecule has 0 heterocycles. The standard InChI is InChI=1S/C16H17NO4S2/c1-11-3-5-12(6-4-11)10-22-15-9-13(23(20,21)17-2)7-8-14(15)16(18)19/h3-9,17H,10H2,1-2H3,(H,18,19). The molecule has 0 atom stereocenters. The zero-order valence-corrected chi connectivity index (χ0v) is 14.4. The zero-order valence-electron chi connectivity index (χ0n) is 12.7. The molecule has 0 saturated carbocycles. The van der Waals surface area contributed by atoms with E-state index in [4.69, 9.17) is 0 Å². The Morgan fingerprint density at radius 1 is 1.17 bits per heavy atom. The lowest BCUT2D eigenvalue weighted by molar-refractivity contribution is 0.0693. The van der Waals surface area contributed by atoms with Gasteiger partial charge in [-0.15, -0.1) is 11.8 Å². The number of hydrogen-bond acceptors (Lipinski definition) is 4. The van der Waals surface area contributed by atoms with E-state index in [-0.39, 0.29) is 10.5 Å². The molecule has 7 heteroatoms. The van der Waals surface area contributed by atoms with E-state index >= 15 is 0 Å². The van der Waals surface area contributed by atoms with Gasteiger partial charge in [-0.05, 0) is 37.7 Å². The molecule has 0 aliphatic heterocycles. The quantitative estimate of drug-likeness (QED) is 0.782. The molecule has 0 spiro atoms. The molecule has 0 aliphatic carbocycles. The molecule has 0 bridgehead atoms. The van der Waals surface area contributed by atoms with Gasteiger partial charge in [-0.2, -0.15) is 0 Å². The Kier molecular flexibility index (Phi) is 5.46. The van der Waals surface area contributed by atoms with Crippen LogP contribution in [0.5, 0.6) is 0 Å². The average molecular weight is 351 g/mol. The van der Waals surface area contributed by atoms with Gasteiger partial charge in [-0.1, -0.05) is 29.8 Å². The second-order valence-electron chi connectivity index (χ2n) is 4.94. The summed E-state index contributed by atoms with van der Waals surface area (Å²) in [6.45, 7) is 1.99. The molecular weight excluding hydrogens is 334 g/mol. The van der Waals surface area contributed by atoms with E-state index in [1.54, 1.807) is 0 Å².